The smallest absolute Gasteiger partial charge is 0.306 e. The standard InChI is InChI=1S/C16H32O7/c1-2-3-4-5-6-7-8-9-14(21)23-16(13(20)11-18)15(22)12(19)10-17/h12-13,15-20,22H,2-11H2,1H3/t12-,13-,15-,16-/m1/s1. The maximum Gasteiger partial charge on any atom is 0.306 e. The van der Waals surface area contributed by atoms with Gasteiger partial charge in [0.2, 0.25) is 0 Å². The van der Waals surface area contributed by atoms with Gasteiger partial charge in [0, 0.05) is 6.42 Å². The number of unbranched alkanes of at least 4 members (excludes halogenated alkanes) is 6. The number of hydrogen-bond donors (Lipinski definition) is 5. The molecule has 23 heavy (non-hydrogen) atoms. The first kappa shape index (κ1) is 22.3. The van der Waals surface area contributed by atoms with Crippen LogP contribution in [0.5, 0.6) is 0 Å². The van der Waals surface area contributed by atoms with E-state index in [2.05, 4.69) is 6.92 Å². The number of aliphatic hydroxyl groups is 5. The highest BCUT2D eigenvalue weighted by Gasteiger charge is 2.34. The normalized spacial score (nSPS) is 16.6. The van der Waals surface area contributed by atoms with Crippen LogP contribution in [-0.2, 0) is 9.53 Å². The van der Waals surface area contributed by atoms with Gasteiger partial charge in [-0.1, -0.05) is 45.4 Å². The van der Waals surface area contributed by atoms with Gasteiger partial charge in [0.25, 0.3) is 0 Å². The SMILES string of the molecule is CCCCCCCCCC(=O)O[C@@H]([C@H](O)[C@H](O)CO)[C@H](O)CO. The lowest BCUT2D eigenvalue weighted by molar-refractivity contribution is -0.177. The van der Waals surface area contributed by atoms with E-state index in [1.54, 1.807) is 0 Å². The van der Waals surface area contributed by atoms with Crippen LogP contribution in [0.4, 0.5) is 0 Å². The van der Waals surface area contributed by atoms with Gasteiger partial charge in [-0.15, -0.1) is 0 Å². The van der Waals surface area contributed by atoms with Crippen LogP contribution in [0.3, 0.4) is 0 Å². The van der Waals surface area contributed by atoms with Crippen LogP contribution in [0.1, 0.15) is 58.3 Å². The van der Waals surface area contributed by atoms with Crippen molar-refractivity contribution in [3.05, 3.63) is 0 Å². The van der Waals surface area contributed by atoms with E-state index in [0.29, 0.717) is 6.42 Å². The fourth-order valence-corrected chi connectivity index (χ4v) is 2.24. The molecule has 0 fully saturated rings. The molecule has 0 amide bonds. The molecule has 0 aromatic carbocycles. The first-order chi connectivity index (χ1) is 11.0. The predicted molar refractivity (Wildman–Crippen MR) is 84.7 cm³/mol. The van der Waals surface area contributed by atoms with Gasteiger partial charge in [-0.3, -0.25) is 4.79 Å². The molecule has 0 radical (unpaired) electrons. The predicted octanol–water partition coefficient (Wildman–Crippen LogP) is 0.106. The largest absolute Gasteiger partial charge is 0.457 e. The summed E-state index contributed by atoms with van der Waals surface area (Å²) in [6.45, 7) is 0.672. The Balaban J connectivity index is 4.13. The molecule has 7 nitrogen and oxygen atoms in total. The monoisotopic (exact) mass is 336 g/mol. The van der Waals surface area contributed by atoms with Crippen LogP contribution >= 0.6 is 0 Å². The maximum absolute atomic E-state index is 11.8. The van der Waals surface area contributed by atoms with Gasteiger partial charge in [0.15, 0.2) is 6.10 Å². The molecule has 0 rings (SSSR count). The lowest BCUT2D eigenvalue weighted by Crippen LogP contribution is -2.49. The molecule has 0 aromatic heterocycles. The minimum Gasteiger partial charge on any atom is -0.457 e. The highest BCUT2D eigenvalue weighted by atomic mass is 16.6. The lowest BCUT2D eigenvalue weighted by atomic mass is 10.0. The molecule has 0 heterocycles. The third-order valence-corrected chi connectivity index (χ3v) is 3.74. The second-order valence-corrected chi connectivity index (χ2v) is 5.82. The van der Waals surface area contributed by atoms with Crippen molar-refractivity contribution in [1.29, 1.82) is 0 Å². The van der Waals surface area contributed by atoms with Crippen molar-refractivity contribution in [3.8, 4) is 0 Å². The van der Waals surface area contributed by atoms with Gasteiger partial charge in [-0.05, 0) is 6.42 Å². The van der Waals surface area contributed by atoms with Crippen LogP contribution in [0.2, 0.25) is 0 Å². The molecule has 7 heteroatoms. The molecule has 0 saturated heterocycles. The van der Waals surface area contributed by atoms with E-state index in [1.807, 2.05) is 0 Å². The number of carbonyl (C=O) groups is 1. The Morgan fingerprint density at radius 2 is 1.39 bits per heavy atom. The number of carbonyl (C=O) groups excluding carboxylic acids is 1. The van der Waals surface area contributed by atoms with E-state index in [1.165, 1.54) is 19.3 Å². The fourth-order valence-electron chi connectivity index (χ4n) is 2.24. The van der Waals surface area contributed by atoms with Crippen LogP contribution in [-0.4, -0.2) is 69.1 Å². The summed E-state index contributed by atoms with van der Waals surface area (Å²) in [5.41, 5.74) is 0. The van der Waals surface area contributed by atoms with E-state index in [-0.39, 0.29) is 6.42 Å². The first-order valence-electron chi connectivity index (χ1n) is 8.43. The molecule has 0 aliphatic heterocycles. The summed E-state index contributed by atoms with van der Waals surface area (Å²) >= 11 is 0. The average Bonchev–Trinajstić information content (AvgIpc) is 2.56. The summed E-state index contributed by atoms with van der Waals surface area (Å²) in [7, 11) is 0. The van der Waals surface area contributed by atoms with E-state index >= 15 is 0 Å². The Morgan fingerprint density at radius 1 is 0.870 bits per heavy atom. The number of ether oxygens (including phenoxy) is 1. The molecular formula is C16H32O7. The Hall–Kier alpha value is -0.730. The summed E-state index contributed by atoms with van der Waals surface area (Å²) in [4.78, 5) is 11.8. The highest BCUT2D eigenvalue weighted by Crippen LogP contribution is 2.13. The maximum atomic E-state index is 11.8. The second-order valence-electron chi connectivity index (χ2n) is 5.82. The average molecular weight is 336 g/mol. The van der Waals surface area contributed by atoms with E-state index in [4.69, 9.17) is 14.9 Å². The quantitative estimate of drug-likeness (QED) is 0.225. The molecule has 0 spiro atoms. The van der Waals surface area contributed by atoms with Crippen LogP contribution in [0, 0.1) is 0 Å². The number of esters is 1. The molecule has 0 aliphatic carbocycles. The van der Waals surface area contributed by atoms with Crippen molar-refractivity contribution in [2.75, 3.05) is 13.2 Å². The minimum absolute atomic E-state index is 0.143. The van der Waals surface area contributed by atoms with Crippen molar-refractivity contribution in [3.63, 3.8) is 0 Å². The summed E-state index contributed by atoms with van der Waals surface area (Å²) in [6.07, 6.45) is 1.23. The van der Waals surface area contributed by atoms with Crippen LogP contribution in [0.25, 0.3) is 0 Å². The van der Waals surface area contributed by atoms with Gasteiger partial charge < -0.3 is 30.3 Å². The summed E-state index contributed by atoms with van der Waals surface area (Å²) in [6, 6.07) is 0. The van der Waals surface area contributed by atoms with Crippen molar-refractivity contribution in [2.24, 2.45) is 0 Å². The van der Waals surface area contributed by atoms with Crippen molar-refractivity contribution in [1.82, 2.24) is 0 Å². The minimum atomic E-state index is -1.67. The Bertz CT molecular complexity index is 298. The van der Waals surface area contributed by atoms with Gasteiger partial charge in [0.05, 0.1) is 13.2 Å². The summed E-state index contributed by atoms with van der Waals surface area (Å²) in [5, 5.41) is 46.5. The number of hydrogen-bond acceptors (Lipinski definition) is 7. The summed E-state index contributed by atoms with van der Waals surface area (Å²) < 4.78 is 4.96. The van der Waals surface area contributed by atoms with Gasteiger partial charge in [-0.2, -0.15) is 0 Å². The molecule has 0 aromatic rings. The highest BCUT2D eigenvalue weighted by molar-refractivity contribution is 5.69. The van der Waals surface area contributed by atoms with Crippen LogP contribution < -0.4 is 0 Å². The van der Waals surface area contributed by atoms with E-state index in [0.717, 1.165) is 19.3 Å². The van der Waals surface area contributed by atoms with Gasteiger partial charge in [0.1, 0.15) is 18.3 Å². The van der Waals surface area contributed by atoms with E-state index < -0.39 is 43.6 Å². The topological polar surface area (TPSA) is 127 Å². The Morgan fingerprint density at radius 3 is 1.91 bits per heavy atom. The zero-order valence-corrected chi connectivity index (χ0v) is 13.9. The Kier molecular flexibility index (Phi) is 13.3. The molecule has 138 valence electrons. The third-order valence-electron chi connectivity index (χ3n) is 3.74. The van der Waals surface area contributed by atoms with Crippen LogP contribution in [0.15, 0.2) is 0 Å². The first-order valence-corrected chi connectivity index (χ1v) is 8.43. The summed E-state index contributed by atoms with van der Waals surface area (Å²) in [5.74, 6) is -0.611. The van der Waals surface area contributed by atoms with Crippen molar-refractivity contribution in [2.45, 2.75) is 82.7 Å². The van der Waals surface area contributed by atoms with Gasteiger partial charge >= 0.3 is 5.97 Å². The zero-order chi connectivity index (χ0) is 17.7. The Labute approximate surface area is 137 Å². The van der Waals surface area contributed by atoms with Gasteiger partial charge in [-0.25, -0.2) is 0 Å². The van der Waals surface area contributed by atoms with E-state index in [9.17, 15) is 20.1 Å². The lowest BCUT2D eigenvalue weighted by Gasteiger charge is -2.28. The number of rotatable bonds is 14. The molecule has 0 unspecified atom stereocenters. The molecular weight excluding hydrogens is 304 g/mol. The second kappa shape index (κ2) is 13.7. The molecule has 5 N–H and O–H groups in total. The zero-order valence-electron chi connectivity index (χ0n) is 13.9. The molecule has 0 saturated carbocycles. The third kappa shape index (κ3) is 9.88. The molecule has 0 aliphatic rings. The number of aliphatic hydroxyl groups excluding tert-OH is 5. The molecule has 0 bridgehead atoms. The van der Waals surface area contributed by atoms with Crippen molar-refractivity contribution >= 4 is 5.97 Å². The fraction of sp³-hybridized carbons (Fsp3) is 0.938. The van der Waals surface area contributed by atoms with Crippen molar-refractivity contribution < 1.29 is 35.1 Å². The molecule has 4 atom stereocenters.